The minimum atomic E-state index is -1.09. The largest absolute Gasteiger partial charge is 0.478 e. The van der Waals surface area contributed by atoms with Crippen LogP contribution in [0.15, 0.2) is 115 Å². The molecule has 0 fully saturated rings. The first-order valence-corrected chi connectivity index (χ1v) is 23.8. The first-order chi connectivity index (χ1) is 36.5. The van der Waals surface area contributed by atoms with Crippen LogP contribution in [0.4, 0.5) is 5.69 Å². The van der Waals surface area contributed by atoms with Gasteiger partial charge in [0.1, 0.15) is 0 Å². The molecule has 0 unspecified atom stereocenters. The van der Waals surface area contributed by atoms with E-state index >= 15 is 0 Å². The lowest BCUT2D eigenvalue weighted by Crippen LogP contribution is -2.03. The molecule has 6 aromatic rings. The lowest BCUT2D eigenvalue weighted by atomic mass is 10.00. The van der Waals surface area contributed by atoms with Crippen LogP contribution in [0.25, 0.3) is 0 Å². The van der Waals surface area contributed by atoms with Crippen LogP contribution in [-0.2, 0) is 0 Å². The van der Waals surface area contributed by atoms with E-state index < -0.39 is 17.9 Å². The Kier molecular flexibility index (Phi) is 26.7. The standard InChI is InChI=1S/C12H12O3.2C11H12O2.C10H10O3.C9H9NO3.C9H8O3/c1-7(13)10-4-11(8(2)14)6-12(5-10)9(3)15;2*1-7-4-10(8(2)12)6-11(5-7)9(3)13;1-6-3-8(7(2)11)5-9(4-6)10(12)13;1-5(11)6-2-7(9(12)13)4-8(10)3-6;1-6(10)7-3-2-4-8(5-7)9(11)12/h4-6H,1-3H3;2*4-6H,1-3H3;3-5H,1-2H3,(H,12,13);2-4H,10H2,1H3,(H,12,13);2-5H,1H3,(H,11,12). The molecule has 0 aromatic heterocycles. The summed E-state index contributed by atoms with van der Waals surface area (Å²) in [4.78, 5) is 142. The highest BCUT2D eigenvalue weighted by atomic mass is 16.4. The number of nitrogen functional groups attached to an aromatic ring is 1. The third-order valence-electron chi connectivity index (χ3n) is 10.8. The number of hydrogen-bond donors (Lipinski definition) is 4. The number of anilines is 1. The maximum Gasteiger partial charge on any atom is 0.335 e. The van der Waals surface area contributed by atoms with E-state index in [4.69, 9.17) is 21.1 Å². The van der Waals surface area contributed by atoms with Crippen LogP contribution in [-0.4, -0.2) is 91.1 Å². The van der Waals surface area contributed by atoms with Crippen molar-refractivity contribution < 1.29 is 77.6 Å². The fraction of sp³-hybridized carbons (Fsp3) is 0.210. The molecule has 412 valence electrons. The molecule has 0 amide bonds. The van der Waals surface area contributed by atoms with Crippen molar-refractivity contribution in [2.45, 2.75) is 90.0 Å². The minimum absolute atomic E-state index is 0.00815. The molecule has 0 radical (unpaired) electrons. The fourth-order valence-electron chi connectivity index (χ4n) is 6.58. The van der Waals surface area contributed by atoms with E-state index in [1.165, 1.54) is 130 Å². The van der Waals surface area contributed by atoms with Crippen LogP contribution in [0.1, 0.15) is 221 Å². The second-order valence-corrected chi connectivity index (χ2v) is 18.0. The van der Waals surface area contributed by atoms with Gasteiger partial charge in [-0.15, -0.1) is 0 Å². The van der Waals surface area contributed by atoms with Crippen LogP contribution in [0.3, 0.4) is 0 Å². The molecule has 0 heterocycles. The van der Waals surface area contributed by atoms with Gasteiger partial charge in [0.2, 0.25) is 0 Å². The Balaban J connectivity index is 0.000000475. The molecular formula is C62H63NO16. The van der Waals surface area contributed by atoms with Crippen LogP contribution < -0.4 is 5.73 Å². The van der Waals surface area contributed by atoms with Gasteiger partial charge in [-0.3, -0.25) is 47.9 Å². The zero-order valence-electron chi connectivity index (χ0n) is 46.2. The van der Waals surface area contributed by atoms with Crippen molar-refractivity contribution in [3.8, 4) is 0 Å². The maximum absolute atomic E-state index is 11.2. The summed E-state index contributed by atoms with van der Waals surface area (Å²) < 4.78 is 0. The van der Waals surface area contributed by atoms with Gasteiger partial charge < -0.3 is 21.1 Å². The molecule has 5 N–H and O–H groups in total. The quantitative estimate of drug-likeness (QED) is 0.0617. The SMILES string of the molecule is CC(=O)c1cc(C(C)=O)cc(C(C)=O)c1.CC(=O)c1cc(C)cc(C(=O)O)c1.CC(=O)c1cc(C)cc(C(C)=O)c1.CC(=O)c1cc(C)cc(C(C)=O)c1.CC(=O)c1cc(N)cc(C(=O)O)c1.CC(=O)c1cccc(C(=O)O)c1. The number of ketones is 10. The van der Waals surface area contributed by atoms with E-state index in [1.807, 2.05) is 13.8 Å². The molecule has 6 rings (SSSR count). The van der Waals surface area contributed by atoms with Crippen molar-refractivity contribution in [1.29, 1.82) is 0 Å². The van der Waals surface area contributed by atoms with Gasteiger partial charge in [0.25, 0.3) is 0 Å². The Morgan fingerprint density at radius 2 is 0.418 bits per heavy atom. The summed E-state index contributed by atoms with van der Waals surface area (Å²) in [6, 6.07) is 29.6. The number of carboxylic acids is 3. The zero-order valence-corrected chi connectivity index (χ0v) is 46.2. The van der Waals surface area contributed by atoms with Crippen molar-refractivity contribution in [3.63, 3.8) is 0 Å². The predicted octanol–water partition coefficient (Wildman–Crippen LogP) is 11.7. The van der Waals surface area contributed by atoms with Gasteiger partial charge in [-0.2, -0.15) is 0 Å². The molecule has 0 aliphatic carbocycles. The topological polar surface area (TPSA) is 309 Å². The summed E-state index contributed by atoms with van der Waals surface area (Å²) in [7, 11) is 0. The van der Waals surface area contributed by atoms with Gasteiger partial charge in [0.15, 0.2) is 57.8 Å². The third kappa shape index (κ3) is 23.8. The molecule has 6 aromatic carbocycles. The Hall–Kier alpha value is -9.77. The number of benzene rings is 6. The molecule has 0 atom stereocenters. The van der Waals surface area contributed by atoms with Gasteiger partial charge in [0, 0.05) is 61.3 Å². The van der Waals surface area contributed by atoms with Gasteiger partial charge in [-0.05, 0) is 210 Å². The van der Waals surface area contributed by atoms with E-state index in [0.29, 0.717) is 55.6 Å². The van der Waals surface area contributed by atoms with Crippen LogP contribution in [0.5, 0.6) is 0 Å². The Bertz CT molecular complexity index is 2860. The normalized spacial score (nSPS) is 9.68. The van der Waals surface area contributed by atoms with Crippen molar-refractivity contribution in [3.05, 3.63) is 204 Å². The average molecular weight is 1080 g/mol. The highest BCUT2D eigenvalue weighted by Gasteiger charge is 2.12. The van der Waals surface area contributed by atoms with Crippen LogP contribution in [0, 0.1) is 20.8 Å². The molecule has 17 heteroatoms. The predicted molar refractivity (Wildman–Crippen MR) is 298 cm³/mol. The summed E-state index contributed by atoms with van der Waals surface area (Å²) in [5.41, 5.74) is 13.5. The molecule has 17 nitrogen and oxygen atoms in total. The number of carboxylic acid groups (broad SMARTS) is 3. The number of nitrogens with two attached hydrogens (primary N) is 1. The summed E-state index contributed by atoms with van der Waals surface area (Å²) in [5.74, 6) is -4.05. The van der Waals surface area contributed by atoms with Crippen LogP contribution in [0.2, 0.25) is 0 Å². The monoisotopic (exact) mass is 1080 g/mol. The van der Waals surface area contributed by atoms with E-state index in [1.54, 1.807) is 61.5 Å². The summed E-state index contributed by atoms with van der Waals surface area (Å²) >= 11 is 0. The highest BCUT2D eigenvalue weighted by molar-refractivity contribution is 6.05. The van der Waals surface area contributed by atoms with Crippen molar-refractivity contribution in [1.82, 2.24) is 0 Å². The van der Waals surface area contributed by atoms with E-state index in [2.05, 4.69) is 0 Å². The van der Waals surface area contributed by atoms with Gasteiger partial charge in [0.05, 0.1) is 16.7 Å². The van der Waals surface area contributed by atoms with Crippen molar-refractivity contribution in [2.24, 2.45) is 0 Å². The number of aryl methyl sites for hydroxylation is 3. The second-order valence-electron chi connectivity index (χ2n) is 18.0. The zero-order chi connectivity index (χ0) is 60.8. The third-order valence-corrected chi connectivity index (χ3v) is 10.8. The number of hydrogen-bond acceptors (Lipinski definition) is 14. The summed E-state index contributed by atoms with van der Waals surface area (Å²) in [6.07, 6.45) is 0. The Morgan fingerprint density at radius 3 is 0.658 bits per heavy atom. The molecule has 0 bridgehead atoms. The van der Waals surface area contributed by atoms with Crippen LogP contribution >= 0.6 is 0 Å². The smallest absolute Gasteiger partial charge is 0.335 e. The minimum Gasteiger partial charge on any atom is -0.478 e. The van der Waals surface area contributed by atoms with Crippen molar-refractivity contribution in [2.75, 3.05) is 5.73 Å². The summed E-state index contributed by atoms with van der Waals surface area (Å²) in [5, 5.41) is 25.9. The second kappa shape index (κ2) is 31.3. The molecule has 0 saturated carbocycles. The molecule has 0 aliphatic rings. The van der Waals surface area contributed by atoms with Gasteiger partial charge >= 0.3 is 17.9 Å². The first kappa shape index (κ1) is 67.2. The Morgan fingerprint density at radius 1 is 0.253 bits per heavy atom. The van der Waals surface area contributed by atoms with E-state index in [9.17, 15) is 62.3 Å². The molecule has 0 spiro atoms. The number of aromatic carboxylic acids is 3. The molecule has 0 saturated heterocycles. The highest BCUT2D eigenvalue weighted by Crippen LogP contribution is 2.16. The lowest BCUT2D eigenvalue weighted by molar-refractivity contribution is 0.0686. The number of rotatable bonds is 13. The van der Waals surface area contributed by atoms with E-state index in [-0.39, 0.29) is 80.2 Å². The van der Waals surface area contributed by atoms with Crippen molar-refractivity contribution >= 4 is 81.4 Å². The van der Waals surface area contributed by atoms with Gasteiger partial charge in [-0.1, -0.05) is 12.1 Å². The fourth-order valence-corrected chi connectivity index (χ4v) is 6.58. The van der Waals surface area contributed by atoms with E-state index in [0.717, 1.165) is 16.7 Å². The number of carbonyl (C=O) groups excluding carboxylic acids is 10. The van der Waals surface area contributed by atoms with Gasteiger partial charge in [-0.25, -0.2) is 14.4 Å². The average Bonchev–Trinajstić information content (AvgIpc) is 3.36. The molecule has 0 aliphatic heterocycles. The Labute approximate surface area is 457 Å². The lowest BCUT2D eigenvalue weighted by Gasteiger charge is -2.03. The molecular weight excluding hydrogens is 1010 g/mol. The summed E-state index contributed by atoms with van der Waals surface area (Å²) in [6.45, 7) is 19.9. The number of carbonyl (C=O) groups is 13. The maximum atomic E-state index is 11.2. The first-order valence-electron chi connectivity index (χ1n) is 23.8. The number of Topliss-reactive ketones (excluding diaryl/α,β-unsaturated/α-hetero) is 10. The molecule has 79 heavy (non-hydrogen) atoms.